The van der Waals surface area contributed by atoms with Crippen LogP contribution < -0.4 is 0 Å². The van der Waals surface area contributed by atoms with Crippen molar-refractivity contribution < 1.29 is 4.74 Å². The summed E-state index contributed by atoms with van der Waals surface area (Å²) in [7, 11) is 1.54. The number of ether oxygens (including phenoxy) is 1. The first-order valence-corrected chi connectivity index (χ1v) is 2.60. The van der Waals surface area contributed by atoms with E-state index in [1.54, 1.807) is 0 Å². The molecule has 0 aliphatic rings. The maximum Gasteiger partial charge on any atom is 0.110 e. The van der Waals surface area contributed by atoms with E-state index in [0.29, 0.717) is 5.33 Å². The van der Waals surface area contributed by atoms with Crippen molar-refractivity contribution >= 4 is 15.9 Å². The van der Waals surface area contributed by atoms with Gasteiger partial charge in [0, 0.05) is 0 Å². The molecule has 34 valence electrons. The van der Waals surface area contributed by atoms with Crippen LogP contribution in [0.1, 0.15) is 0 Å². The molecule has 0 aromatic heterocycles. The quantitative estimate of drug-likeness (QED) is 0.368. The van der Waals surface area contributed by atoms with Crippen LogP contribution in [0.5, 0.6) is 0 Å². The lowest BCUT2D eigenvalue weighted by Crippen LogP contribution is -1.64. The number of halogens is 1. The number of methoxy groups -OCH3 is 1. The van der Waals surface area contributed by atoms with Gasteiger partial charge in [-0.25, -0.2) is 0 Å². The van der Waals surface area contributed by atoms with Crippen molar-refractivity contribution in [1.29, 1.82) is 0 Å². The van der Waals surface area contributed by atoms with Gasteiger partial charge in [0.15, 0.2) is 0 Å². The van der Waals surface area contributed by atoms with Crippen molar-refractivity contribution in [3.8, 4) is 12.0 Å². The van der Waals surface area contributed by atoms with Gasteiger partial charge in [-0.1, -0.05) is 15.9 Å². The summed E-state index contributed by atoms with van der Waals surface area (Å²) in [4.78, 5) is 0. The Bertz CT molecular complexity index is 61.4. The second-order valence-corrected chi connectivity index (χ2v) is 1.18. The van der Waals surface area contributed by atoms with E-state index in [1.807, 2.05) is 0 Å². The number of hydrogen-bond donors (Lipinski definition) is 0. The largest absolute Gasteiger partial charge is 0.450 e. The zero-order chi connectivity index (χ0) is 4.83. The van der Waals surface area contributed by atoms with Gasteiger partial charge in [-0.15, -0.1) is 0 Å². The van der Waals surface area contributed by atoms with Gasteiger partial charge >= 0.3 is 0 Å². The lowest BCUT2D eigenvalue weighted by atomic mass is 10.8. The summed E-state index contributed by atoms with van der Waals surface area (Å²) < 4.78 is 4.39. The van der Waals surface area contributed by atoms with Crippen LogP contribution >= 0.6 is 15.9 Å². The molecule has 1 nitrogen and oxygen atoms in total. The van der Waals surface area contributed by atoms with E-state index in [-0.39, 0.29) is 0 Å². The Kier molecular flexibility index (Phi) is 4.71. The smallest absolute Gasteiger partial charge is 0.110 e. The molecule has 0 saturated heterocycles. The van der Waals surface area contributed by atoms with E-state index in [1.165, 1.54) is 7.11 Å². The molecular formula is C4H5BrO. The molecule has 2 heteroatoms. The molecule has 0 aliphatic carbocycles. The summed E-state index contributed by atoms with van der Waals surface area (Å²) in [5.74, 6) is 2.64. The second-order valence-electron chi connectivity index (χ2n) is 0.617. The Labute approximate surface area is 45.8 Å². The third-order valence-electron chi connectivity index (χ3n) is 0.241. The zero-order valence-corrected chi connectivity index (χ0v) is 5.08. The van der Waals surface area contributed by atoms with Gasteiger partial charge in [0.05, 0.1) is 12.4 Å². The van der Waals surface area contributed by atoms with Crippen LogP contribution in [0, 0.1) is 12.0 Å². The van der Waals surface area contributed by atoms with Crippen molar-refractivity contribution in [1.82, 2.24) is 0 Å². The average molecular weight is 149 g/mol. The fraction of sp³-hybridized carbons (Fsp3) is 0.500. The van der Waals surface area contributed by atoms with Crippen LogP contribution in [-0.2, 0) is 4.74 Å². The van der Waals surface area contributed by atoms with E-state index >= 15 is 0 Å². The van der Waals surface area contributed by atoms with Gasteiger partial charge in [-0.2, -0.15) is 0 Å². The van der Waals surface area contributed by atoms with Crippen molar-refractivity contribution in [2.24, 2.45) is 0 Å². The van der Waals surface area contributed by atoms with Gasteiger partial charge in [0.1, 0.15) is 6.11 Å². The molecule has 0 aromatic rings. The lowest BCUT2D eigenvalue weighted by Gasteiger charge is -1.71. The van der Waals surface area contributed by atoms with E-state index in [4.69, 9.17) is 0 Å². The molecule has 0 amide bonds. The van der Waals surface area contributed by atoms with Crippen LogP contribution in [0.3, 0.4) is 0 Å². The third-order valence-corrected chi connectivity index (χ3v) is 0.521. The van der Waals surface area contributed by atoms with Gasteiger partial charge in [0.2, 0.25) is 0 Å². The zero-order valence-electron chi connectivity index (χ0n) is 3.49. The first kappa shape index (κ1) is 5.84. The van der Waals surface area contributed by atoms with Crippen molar-refractivity contribution in [2.75, 3.05) is 12.4 Å². The van der Waals surface area contributed by atoms with Gasteiger partial charge < -0.3 is 4.74 Å². The average Bonchev–Trinajstić information content (AvgIpc) is 1.61. The Morgan fingerprint density at radius 2 is 2.50 bits per heavy atom. The van der Waals surface area contributed by atoms with Crippen LogP contribution in [0.2, 0.25) is 0 Å². The highest BCUT2D eigenvalue weighted by Crippen LogP contribution is 1.71. The first-order chi connectivity index (χ1) is 2.91. The Hall–Kier alpha value is -0.160. The highest BCUT2D eigenvalue weighted by Gasteiger charge is 1.56. The standard InChI is InChI=1S/C4H5BrO/c1-6-4-2-3-5/h3H2,1H3. The maximum atomic E-state index is 4.39. The van der Waals surface area contributed by atoms with Crippen molar-refractivity contribution in [3.05, 3.63) is 0 Å². The molecule has 0 radical (unpaired) electrons. The van der Waals surface area contributed by atoms with Crippen molar-refractivity contribution in [2.45, 2.75) is 0 Å². The fourth-order valence-electron chi connectivity index (χ4n) is 0.0994. The van der Waals surface area contributed by atoms with Crippen LogP contribution in [-0.4, -0.2) is 12.4 Å². The summed E-state index contributed by atoms with van der Waals surface area (Å²) in [5, 5.41) is 0.681. The first-order valence-electron chi connectivity index (χ1n) is 1.48. The molecule has 0 atom stereocenters. The topological polar surface area (TPSA) is 9.23 Å². The predicted octanol–water partition coefficient (Wildman–Crippen LogP) is 0.989. The van der Waals surface area contributed by atoms with Crippen LogP contribution in [0.15, 0.2) is 0 Å². The molecule has 0 N–H and O–H groups in total. The molecule has 0 aliphatic heterocycles. The summed E-state index contributed by atoms with van der Waals surface area (Å²) >= 11 is 3.10. The normalized spacial score (nSPS) is 5.67. The van der Waals surface area contributed by atoms with E-state index < -0.39 is 0 Å². The maximum absolute atomic E-state index is 4.39. The monoisotopic (exact) mass is 148 g/mol. The second kappa shape index (κ2) is 4.84. The molecule has 0 spiro atoms. The van der Waals surface area contributed by atoms with E-state index in [9.17, 15) is 0 Å². The molecule has 0 bridgehead atoms. The molecule has 0 aromatic carbocycles. The number of alkyl halides is 1. The Balaban J connectivity index is 2.90. The minimum Gasteiger partial charge on any atom is -0.450 e. The molecule has 0 unspecified atom stereocenters. The molecule has 0 rings (SSSR count). The highest BCUT2D eigenvalue weighted by molar-refractivity contribution is 9.09. The molecule has 0 heterocycles. The predicted molar refractivity (Wildman–Crippen MR) is 28.6 cm³/mol. The van der Waals surface area contributed by atoms with Crippen molar-refractivity contribution in [3.63, 3.8) is 0 Å². The lowest BCUT2D eigenvalue weighted by molar-refractivity contribution is 0.372. The summed E-state index contributed by atoms with van der Waals surface area (Å²) in [6.07, 6.45) is 2.40. The Morgan fingerprint density at radius 3 is 2.67 bits per heavy atom. The molecule has 6 heavy (non-hydrogen) atoms. The summed E-state index contributed by atoms with van der Waals surface area (Å²) in [5.41, 5.74) is 0. The van der Waals surface area contributed by atoms with Crippen LogP contribution in [0.25, 0.3) is 0 Å². The van der Waals surface area contributed by atoms with Gasteiger partial charge in [0.25, 0.3) is 0 Å². The van der Waals surface area contributed by atoms with E-state index in [2.05, 4.69) is 32.7 Å². The van der Waals surface area contributed by atoms with Crippen LogP contribution in [0.4, 0.5) is 0 Å². The molecular weight excluding hydrogens is 144 g/mol. The minimum atomic E-state index is 0.681. The SMILES string of the molecule is COC#CCBr. The Morgan fingerprint density at radius 1 is 1.83 bits per heavy atom. The summed E-state index contributed by atoms with van der Waals surface area (Å²) in [6, 6.07) is 0. The fourth-order valence-corrected chi connectivity index (χ4v) is 0.214. The van der Waals surface area contributed by atoms with Gasteiger partial charge in [-0.3, -0.25) is 0 Å². The minimum absolute atomic E-state index is 0.681. The molecule has 0 saturated carbocycles. The molecule has 0 fully saturated rings. The third kappa shape index (κ3) is 3.84. The number of rotatable bonds is 0. The number of hydrogen-bond acceptors (Lipinski definition) is 1. The highest BCUT2D eigenvalue weighted by atomic mass is 79.9. The van der Waals surface area contributed by atoms with E-state index in [0.717, 1.165) is 0 Å². The van der Waals surface area contributed by atoms with Gasteiger partial charge in [-0.05, 0) is 5.92 Å². The summed E-state index contributed by atoms with van der Waals surface area (Å²) in [6.45, 7) is 0.